The maximum Gasteiger partial charge on any atom is 0.151 e. The van der Waals surface area contributed by atoms with Gasteiger partial charge in [0.05, 0.1) is 17.0 Å². The molecule has 0 amide bonds. The number of rotatable bonds is 5. The van der Waals surface area contributed by atoms with E-state index in [4.69, 9.17) is 16.3 Å². The van der Waals surface area contributed by atoms with Gasteiger partial charge in [0, 0.05) is 44.3 Å². The highest BCUT2D eigenvalue weighted by molar-refractivity contribution is 7.16. The van der Waals surface area contributed by atoms with Gasteiger partial charge in [0.25, 0.3) is 0 Å². The molecule has 0 spiro atoms. The maximum atomic E-state index is 6.00. The average molecular weight is 339 g/mol. The molecule has 118 valence electrons. The lowest BCUT2D eigenvalue weighted by molar-refractivity contribution is -0.0261. The first-order valence-electron chi connectivity index (χ1n) is 7.28. The summed E-state index contributed by atoms with van der Waals surface area (Å²) in [5, 5.41) is 8.05. The van der Waals surface area contributed by atoms with Crippen molar-refractivity contribution in [3.8, 4) is 0 Å². The summed E-state index contributed by atoms with van der Waals surface area (Å²) >= 11 is 7.65. The van der Waals surface area contributed by atoms with Crippen molar-refractivity contribution in [3.63, 3.8) is 0 Å². The maximum absolute atomic E-state index is 6.00. The van der Waals surface area contributed by atoms with Crippen molar-refractivity contribution in [2.75, 3.05) is 38.2 Å². The van der Waals surface area contributed by atoms with Crippen LogP contribution in [0.4, 0.5) is 5.82 Å². The number of ether oxygens (including phenoxy) is 1. The normalized spacial score (nSPS) is 19.3. The third kappa shape index (κ3) is 4.16. The first-order chi connectivity index (χ1) is 10.7. The molecule has 1 aliphatic heterocycles. The molecule has 0 aromatic carbocycles. The van der Waals surface area contributed by atoms with Crippen LogP contribution in [0.15, 0.2) is 30.5 Å². The van der Waals surface area contributed by atoms with E-state index in [1.165, 1.54) is 4.88 Å². The van der Waals surface area contributed by atoms with Crippen LogP contribution in [0, 0.1) is 0 Å². The Kier molecular flexibility index (Phi) is 5.25. The van der Waals surface area contributed by atoms with Crippen LogP contribution in [0.1, 0.15) is 4.88 Å². The molecule has 1 fully saturated rings. The fourth-order valence-electron chi connectivity index (χ4n) is 2.59. The minimum Gasteiger partial charge on any atom is -0.374 e. The standard InChI is InChI=1S/C15H19ClN4OS/c1-19(15-3-2-6-17-18-15)9-12-10-20(7-8-21-12)11-13-4-5-14(16)22-13/h2-6,12H,7-11H2,1H3. The van der Waals surface area contributed by atoms with Crippen LogP contribution < -0.4 is 4.90 Å². The summed E-state index contributed by atoms with van der Waals surface area (Å²) in [5.41, 5.74) is 0. The molecule has 3 rings (SSSR count). The smallest absolute Gasteiger partial charge is 0.151 e. The second-order valence-electron chi connectivity index (χ2n) is 5.40. The Morgan fingerprint density at radius 1 is 1.45 bits per heavy atom. The number of hydrogen-bond donors (Lipinski definition) is 0. The number of halogens is 1. The van der Waals surface area contributed by atoms with Crippen molar-refractivity contribution in [2.45, 2.75) is 12.6 Å². The van der Waals surface area contributed by atoms with E-state index in [1.807, 2.05) is 25.2 Å². The molecule has 2 aromatic heterocycles. The van der Waals surface area contributed by atoms with Crippen LogP contribution >= 0.6 is 22.9 Å². The minimum absolute atomic E-state index is 0.177. The van der Waals surface area contributed by atoms with Crippen molar-refractivity contribution >= 4 is 28.8 Å². The van der Waals surface area contributed by atoms with E-state index < -0.39 is 0 Å². The molecule has 0 aliphatic carbocycles. The molecule has 7 heteroatoms. The Morgan fingerprint density at radius 3 is 3.09 bits per heavy atom. The summed E-state index contributed by atoms with van der Waals surface area (Å²) in [7, 11) is 2.02. The van der Waals surface area contributed by atoms with Crippen LogP contribution in [-0.2, 0) is 11.3 Å². The Labute approximate surface area is 139 Å². The zero-order valence-corrected chi connectivity index (χ0v) is 14.1. The largest absolute Gasteiger partial charge is 0.374 e. The van der Waals surface area contributed by atoms with Crippen molar-refractivity contribution in [1.29, 1.82) is 0 Å². The lowest BCUT2D eigenvalue weighted by Gasteiger charge is -2.34. The topological polar surface area (TPSA) is 41.5 Å². The molecule has 22 heavy (non-hydrogen) atoms. The Bertz CT molecular complexity index is 594. The van der Waals surface area contributed by atoms with Gasteiger partial charge in [-0.15, -0.1) is 16.4 Å². The van der Waals surface area contributed by atoms with E-state index in [-0.39, 0.29) is 6.10 Å². The molecular formula is C15H19ClN4OS. The summed E-state index contributed by atoms with van der Waals surface area (Å²) in [6.45, 7) is 4.38. The summed E-state index contributed by atoms with van der Waals surface area (Å²) in [6, 6.07) is 7.92. The van der Waals surface area contributed by atoms with Crippen LogP contribution in [0.25, 0.3) is 0 Å². The van der Waals surface area contributed by atoms with Gasteiger partial charge in [-0.05, 0) is 24.3 Å². The zero-order valence-electron chi connectivity index (χ0n) is 12.5. The fourth-order valence-corrected chi connectivity index (χ4v) is 3.72. The van der Waals surface area contributed by atoms with Gasteiger partial charge in [0.15, 0.2) is 5.82 Å². The van der Waals surface area contributed by atoms with Crippen molar-refractivity contribution in [2.24, 2.45) is 0 Å². The van der Waals surface area contributed by atoms with Gasteiger partial charge in [-0.3, -0.25) is 4.90 Å². The molecule has 1 aliphatic rings. The van der Waals surface area contributed by atoms with Gasteiger partial charge >= 0.3 is 0 Å². The number of morpholine rings is 1. The number of nitrogens with zero attached hydrogens (tertiary/aromatic N) is 4. The SMILES string of the molecule is CN(CC1CN(Cc2ccc(Cl)s2)CCO1)c1cccnn1. The first kappa shape index (κ1) is 15.7. The first-order valence-corrected chi connectivity index (χ1v) is 8.47. The molecule has 2 aromatic rings. The third-order valence-corrected chi connectivity index (χ3v) is 4.87. The molecule has 1 unspecified atom stereocenters. The molecule has 0 bridgehead atoms. The summed E-state index contributed by atoms with van der Waals surface area (Å²) in [6.07, 6.45) is 1.86. The quantitative estimate of drug-likeness (QED) is 0.838. The van der Waals surface area contributed by atoms with Crippen molar-refractivity contribution in [3.05, 3.63) is 39.7 Å². The van der Waals surface area contributed by atoms with Crippen LogP contribution in [0.5, 0.6) is 0 Å². The Balaban J connectivity index is 1.54. The number of anilines is 1. The number of likely N-dealkylation sites (N-methyl/N-ethyl adjacent to an activating group) is 1. The Hall–Kier alpha value is -1.21. The third-order valence-electron chi connectivity index (χ3n) is 3.66. The van der Waals surface area contributed by atoms with E-state index in [0.717, 1.165) is 42.9 Å². The van der Waals surface area contributed by atoms with E-state index in [1.54, 1.807) is 17.5 Å². The summed E-state index contributed by atoms with van der Waals surface area (Å²) < 4.78 is 6.74. The van der Waals surface area contributed by atoms with E-state index >= 15 is 0 Å². The molecule has 3 heterocycles. The predicted octanol–water partition coefficient (Wildman–Crippen LogP) is 2.53. The molecule has 0 N–H and O–H groups in total. The van der Waals surface area contributed by atoms with Gasteiger partial charge in [0.2, 0.25) is 0 Å². The number of thiophene rings is 1. The monoisotopic (exact) mass is 338 g/mol. The van der Waals surface area contributed by atoms with Gasteiger partial charge in [0.1, 0.15) is 0 Å². The van der Waals surface area contributed by atoms with Crippen LogP contribution in [0.3, 0.4) is 0 Å². The number of aromatic nitrogens is 2. The van der Waals surface area contributed by atoms with Gasteiger partial charge in [-0.2, -0.15) is 5.10 Å². The molecular weight excluding hydrogens is 320 g/mol. The van der Waals surface area contributed by atoms with Gasteiger partial charge < -0.3 is 9.64 Å². The highest BCUT2D eigenvalue weighted by Gasteiger charge is 2.22. The fraction of sp³-hybridized carbons (Fsp3) is 0.467. The minimum atomic E-state index is 0.177. The van der Waals surface area contributed by atoms with E-state index in [2.05, 4.69) is 26.1 Å². The average Bonchev–Trinajstić information content (AvgIpc) is 2.93. The highest BCUT2D eigenvalue weighted by Crippen LogP contribution is 2.23. The van der Waals surface area contributed by atoms with Gasteiger partial charge in [-0.25, -0.2) is 0 Å². The summed E-state index contributed by atoms with van der Waals surface area (Å²) in [5.74, 6) is 0.869. The second kappa shape index (κ2) is 7.37. The molecule has 5 nitrogen and oxygen atoms in total. The van der Waals surface area contributed by atoms with Gasteiger partial charge in [-0.1, -0.05) is 11.6 Å². The molecule has 1 atom stereocenters. The molecule has 0 saturated carbocycles. The van der Waals surface area contributed by atoms with Crippen molar-refractivity contribution in [1.82, 2.24) is 15.1 Å². The molecule has 1 saturated heterocycles. The summed E-state index contributed by atoms with van der Waals surface area (Å²) in [4.78, 5) is 5.80. The van der Waals surface area contributed by atoms with Crippen LogP contribution in [0.2, 0.25) is 4.34 Å². The van der Waals surface area contributed by atoms with Crippen molar-refractivity contribution < 1.29 is 4.74 Å². The zero-order chi connectivity index (χ0) is 15.4. The second-order valence-corrected chi connectivity index (χ2v) is 7.20. The van der Waals surface area contributed by atoms with Crippen LogP contribution in [-0.4, -0.2) is 54.5 Å². The molecule has 0 radical (unpaired) electrons. The lowest BCUT2D eigenvalue weighted by Crippen LogP contribution is -2.46. The number of hydrogen-bond acceptors (Lipinski definition) is 6. The lowest BCUT2D eigenvalue weighted by atomic mass is 10.2. The Morgan fingerprint density at radius 2 is 2.36 bits per heavy atom. The predicted molar refractivity (Wildman–Crippen MR) is 89.6 cm³/mol. The highest BCUT2D eigenvalue weighted by atomic mass is 35.5. The van der Waals surface area contributed by atoms with E-state index in [0.29, 0.717) is 0 Å². The van der Waals surface area contributed by atoms with E-state index in [9.17, 15) is 0 Å².